The van der Waals surface area contributed by atoms with E-state index >= 15 is 0 Å². The second kappa shape index (κ2) is 7.16. The fourth-order valence-electron chi connectivity index (χ4n) is 3.08. The number of morpholine rings is 1. The van der Waals surface area contributed by atoms with Crippen molar-refractivity contribution < 1.29 is 9.15 Å². The Morgan fingerprint density at radius 1 is 1.20 bits per heavy atom. The first kappa shape index (κ1) is 16.0. The lowest BCUT2D eigenvalue weighted by Gasteiger charge is -2.35. The van der Waals surface area contributed by atoms with Gasteiger partial charge in [0.25, 0.3) is 0 Å². The van der Waals surface area contributed by atoms with Crippen LogP contribution in [0, 0.1) is 0 Å². The quantitative estimate of drug-likeness (QED) is 0.711. The van der Waals surface area contributed by atoms with Gasteiger partial charge in [-0.3, -0.25) is 9.58 Å². The van der Waals surface area contributed by atoms with Crippen LogP contribution >= 0.6 is 0 Å². The van der Waals surface area contributed by atoms with Crippen molar-refractivity contribution in [2.45, 2.75) is 25.6 Å². The minimum atomic E-state index is 0.0500. The Kier molecular flexibility index (Phi) is 4.58. The van der Waals surface area contributed by atoms with E-state index in [1.54, 1.807) is 6.20 Å². The minimum Gasteiger partial charge on any atom is -0.419 e. The molecule has 0 saturated carbocycles. The van der Waals surface area contributed by atoms with Crippen LogP contribution in [0.2, 0.25) is 0 Å². The smallest absolute Gasteiger partial charge is 0.247 e. The molecular formula is C18H21N5O2. The van der Waals surface area contributed by atoms with Crippen molar-refractivity contribution in [3.63, 3.8) is 0 Å². The summed E-state index contributed by atoms with van der Waals surface area (Å²) >= 11 is 0. The molecule has 2 aromatic heterocycles. The van der Waals surface area contributed by atoms with Crippen molar-refractivity contribution >= 4 is 0 Å². The first-order chi connectivity index (χ1) is 12.3. The highest BCUT2D eigenvalue weighted by atomic mass is 16.5. The zero-order valence-corrected chi connectivity index (χ0v) is 14.2. The zero-order chi connectivity index (χ0) is 17.1. The van der Waals surface area contributed by atoms with Crippen LogP contribution < -0.4 is 0 Å². The average molecular weight is 339 g/mol. The Balaban J connectivity index is 1.43. The van der Waals surface area contributed by atoms with Gasteiger partial charge in [-0.15, -0.1) is 10.2 Å². The number of hydrogen-bond acceptors (Lipinski definition) is 6. The average Bonchev–Trinajstić information content (AvgIpc) is 3.34. The fourth-order valence-corrected chi connectivity index (χ4v) is 3.08. The second-order valence-electron chi connectivity index (χ2n) is 6.20. The molecular weight excluding hydrogens is 318 g/mol. The molecule has 2 atom stereocenters. The van der Waals surface area contributed by atoms with Crippen molar-refractivity contribution in [2.24, 2.45) is 0 Å². The number of ether oxygens (including phenoxy) is 1. The maximum atomic E-state index is 5.90. The number of rotatable bonds is 5. The van der Waals surface area contributed by atoms with Crippen molar-refractivity contribution in [1.82, 2.24) is 24.9 Å². The van der Waals surface area contributed by atoms with E-state index in [0.717, 1.165) is 25.2 Å². The van der Waals surface area contributed by atoms with E-state index in [9.17, 15) is 0 Å². The zero-order valence-electron chi connectivity index (χ0n) is 14.2. The van der Waals surface area contributed by atoms with Crippen molar-refractivity contribution in [1.29, 1.82) is 0 Å². The molecule has 3 heterocycles. The molecule has 7 heteroatoms. The van der Waals surface area contributed by atoms with Gasteiger partial charge in [0, 0.05) is 31.0 Å². The molecule has 0 N–H and O–H groups in total. The summed E-state index contributed by atoms with van der Waals surface area (Å²) in [5.74, 6) is 1.20. The van der Waals surface area contributed by atoms with Crippen LogP contribution in [0.15, 0.2) is 53.2 Å². The van der Waals surface area contributed by atoms with Crippen LogP contribution in [-0.4, -0.2) is 50.7 Å². The lowest BCUT2D eigenvalue weighted by molar-refractivity contribution is -0.0526. The van der Waals surface area contributed by atoms with Gasteiger partial charge in [0.2, 0.25) is 11.8 Å². The van der Waals surface area contributed by atoms with Crippen LogP contribution in [0.25, 0.3) is 11.5 Å². The van der Waals surface area contributed by atoms with Gasteiger partial charge in [0.15, 0.2) is 0 Å². The van der Waals surface area contributed by atoms with Gasteiger partial charge >= 0.3 is 0 Å². The normalized spacial score (nSPS) is 19.8. The number of hydrogen-bond donors (Lipinski definition) is 0. The predicted molar refractivity (Wildman–Crippen MR) is 91.7 cm³/mol. The third-order valence-corrected chi connectivity index (χ3v) is 4.49. The van der Waals surface area contributed by atoms with E-state index in [1.807, 2.05) is 47.3 Å². The van der Waals surface area contributed by atoms with E-state index in [-0.39, 0.29) is 12.1 Å². The molecule has 3 aromatic rings. The molecule has 1 fully saturated rings. The first-order valence-corrected chi connectivity index (χ1v) is 8.51. The molecule has 0 bridgehead atoms. The second-order valence-corrected chi connectivity index (χ2v) is 6.20. The number of nitrogens with zero attached hydrogens (tertiary/aromatic N) is 5. The maximum absolute atomic E-state index is 5.90. The van der Waals surface area contributed by atoms with Gasteiger partial charge in [0.1, 0.15) is 0 Å². The largest absolute Gasteiger partial charge is 0.419 e. The monoisotopic (exact) mass is 339 g/mol. The summed E-state index contributed by atoms with van der Waals surface area (Å²) in [6, 6.07) is 11.8. The lowest BCUT2D eigenvalue weighted by Crippen LogP contribution is -2.45. The molecule has 130 valence electrons. The molecule has 1 aliphatic rings. The summed E-state index contributed by atoms with van der Waals surface area (Å²) in [7, 11) is 0. The van der Waals surface area contributed by atoms with Gasteiger partial charge in [-0.25, -0.2) is 0 Å². The van der Waals surface area contributed by atoms with Crippen LogP contribution in [0.1, 0.15) is 18.9 Å². The molecule has 1 aromatic carbocycles. The SMILES string of the molecule is C[C@H](c1nnc(-c2ccccc2)o1)N1CCO[C@H](Cn2cccn2)C1. The fraction of sp³-hybridized carbons (Fsp3) is 0.389. The van der Waals surface area contributed by atoms with Crippen molar-refractivity contribution in [2.75, 3.05) is 19.7 Å². The highest BCUT2D eigenvalue weighted by Gasteiger charge is 2.28. The maximum Gasteiger partial charge on any atom is 0.247 e. The molecule has 0 radical (unpaired) electrons. The summed E-state index contributed by atoms with van der Waals surface area (Å²) in [5.41, 5.74) is 0.937. The topological polar surface area (TPSA) is 69.2 Å². The summed E-state index contributed by atoms with van der Waals surface area (Å²) in [6.07, 6.45) is 3.84. The third-order valence-electron chi connectivity index (χ3n) is 4.49. The first-order valence-electron chi connectivity index (χ1n) is 8.51. The van der Waals surface area contributed by atoms with Gasteiger partial charge in [0.05, 0.1) is 25.3 Å². The minimum absolute atomic E-state index is 0.0500. The predicted octanol–water partition coefficient (Wildman–Crippen LogP) is 2.40. The molecule has 0 unspecified atom stereocenters. The van der Waals surface area contributed by atoms with E-state index in [4.69, 9.17) is 9.15 Å². The van der Waals surface area contributed by atoms with E-state index < -0.39 is 0 Å². The summed E-state index contributed by atoms with van der Waals surface area (Å²) in [4.78, 5) is 2.32. The van der Waals surface area contributed by atoms with E-state index in [2.05, 4.69) is 27.1 Å². The standard InChI is InChI=1S/C18H21N5O2/c1-14(17-20-21-18(25-17)15-6-3-2-4-7-15)22-10-11-24-16(12-22)13-23-9-5-8-19-23/h2-9,14,16H,10-13H2,1H3/t14-,16+/m1/s1. The van der Waals surface area contributed by atoms with Crippen LogP contribution in [0.5, 0.6) is 0 Å². The van der Waals surface area contributed by atoms with Crippen LogP contribution in [0.3, 0.4) is 0 Å². The number of aromatic nitrogens is 4. The van der Waals surface area contributed by atoms with Crippen LogP contribution in [-0.2, 0) is 11.3 Å². The molecule has 4 rings (SSSR count). The van der Waals surface area contributed by atoms with E-state index in [0.29, 0.717) is 18.4 Å². The molecule has 7 nitrogen and oxygen atoms in total. The summed E-state index contributed by atoms with van der Waals surface area (Å²) in [6.45, 7) is 5.19. The van der Waals surface area contributed by atoms with Crippen molar-refractivity contribution in [3.05, 3.63) is 54.7 Å². The molecule has 0 spiro atoms. The van der Waals surface area contributed by atoms with Gasteiger partial charge in [-0.05, 0) is 25.1 Å². The molecule has 25 heavy (non-hydrogen) atoms. The third kappa shape index (κ3) is 3.62. The summed E-state index contributed by atoms with van der Waals surface area (Å²) < 4.78 is 13.7. The number of benzene rings is 1. The van der Waals surface area contributed by atoms with Gasteiger partial charge in [-0.1, -0.05) is 18.2 Å². The Bertz CT molecular complexity index is 787. The van der Waals surface area contributed by atoms with Crippen LogP contribution in [0.4, 0.5) is 0 Å². The Morgan fingerprint density at radius 2 is 2.08 bits per heavy atom. The molecule has 0 amide bonds. The Hall–Kier alpha value is -2.51. The van der Waals surface area contributed by atoms with E-state index in [1.165, 1.54) is 0 Å². The summed E-state index contributed by atoms with van der Waals surface area (Å²) in [5, 5.41) is 12.7. The van der Waals surface area contributed by atoms with Gasteiger partial charge in [-0.2, -0.15) is 5.10 Å². The molecule has 1 aliphatic heterocycles. The van der Waals surface area contributed by atoms with Crippen molar-refractivity contribution in [3.8, 4) is 11.5 Å². The highest BCUT2D eigenvalue weighted by molar-refractivity contribution is 5.51. The molecule has 1 saturated heterocycles. The Labute approximate surface area is 146 Å². The van der Waals surface area contributed by atoms with Gasteiger partial charge < -0.3 is 9.15 Å². The highest BCUT2D eigenvalue weighted by Crippen LogP contribution is 2.25. The lowest BCUT2D eigenvalue weighted by atomic mass is 10.2. The molecule has 0 aliphatic carbocycles. The Morgan fingerprint density at radius 3 is 2.88 bits per heavy atom.